The monoisotopic (exact) mass is 420 g/mol. The molecule has 0 aliphatic carbocycles. The number of hydrogen-bond acceptors (Lipinski definition) is 5. The lowest BCUT2D eigenvalue weighted by Gasteiger charge is -2.14. The van der Waals surface area contributed by atoms with E-state index in [0.717, 1.165) is 5.56 Å². The van der Waals surface area contributed by atoms with Gasteiger partial charge in [-0.05, 0) is 30.2 Å². The molecule has 0 aliphatic rings. The van der Waals surface area contributed by atoms with Gasteiger partial charge in [-0.2, -0.15) is 0 Å². The van der Waals surface area contributed by atoms with Crippen molar-refractivity contribution in [1.82, 2.24) is 0 Å². The zero-order valence-corrected chi connectivity index (χ0v) is 16.4. The highest BCUT2D eigenvalue weighted by Crippen LogP contribution is 2.40. The number of aryl methyl sites for hydroxylation is 1. The minimum atomic E-state index is -0.243. The molecule has 0 heterocycles. The Morgan fingerprint density at radius 1 is 0.607 bits per heavy atom. The summed E-state index contributed by atoms with van der Waals surface area (Å²) in [4.78, 5) is 0. The number of rotatable bonds is 4. The van der Waals surface area contributed by atoms with Gasteiger partial charge in [-0.15, -0.1) is 0 Å². The van der Waals surface area contributed by atoms with Crippen molar-refractivity contribution in [2.24, 2.45) is 0 Å². The number of aromatic hydroxyl groups is 5. The van der Waals surface area contributed by atoms with Gasteiger partial charge in [0, 0.05) is 24.0 Å². The Balaban J connectivity index is 1.99. The fourth-order valence-electron chi connectivity index (χ4n) is 3.09. The summed E-state index contributed by atoms with van der Waals surface area (Å²) in [5.41, 5.74) is 2.87. The first-order chi connectivity index (χ1) is 13.2. The summed E-state index contributed by atoms with van der Waals surface area (Å²) in [6.07, 6.45) is 0.378. The number of phenolic OH excluding ortho intramolecular Hbond substituents is 5. The van der Waals surface area contributed by atoms with Crippen molar-refractivity contribution in [3.8, 4) is 28.7 Å². The summed E-state index contributed by atoms with van der Waals surface area (Å²) in [7, 11) is 0. The molecule has 28 heavy (non-hydrogen) atoms. The van der Waals surface area contributed by atoms with E-state index in [1.165, 1.54) is 24.3 Å². The van der Waals surface area contributed by atoms with Gasteiger partial charge in [0.25, 0.3) is 0 Å². The number of halogens is 2. The Kier molecular flexibility index (Phi) is 5.49. The maximum atomic E-state index is 10.7. The molecule has 0 unspecified atom stereocenters. The highest BCUT2D eigenvalue weighted by atomic mass is 35.5. The van der Waals surface area contributed by atoms with E-state index in [-0.39, 0.29) is 51.6 Å². The van der Waals surface area contributed by atoms with Crippen molar-refractivity contribution >= 4 is 23.2 Å². The molecule has 3 rings (SSSR count). The minimum absolute atomic E-state index is 0.0118. The Bertz CT molecular complexity index is 983. The van der Waals surface area contributed by atoms with Crippen molar-refractivity contribution in [3.05, 3.63) is 74.3 Å². The average Bonchev–Trinajstić information content (AvgIpc) is 2.66. The summed E-state index contributed by atoms with van der Waals surface area (Å²) in [5.74, 6) is -0.925. The molecule has 0 atom stereocenters. The predicted molar refractivity (Wildman–Crippen MR) is 108 cm³/mol. The van der Waals surface area contributed by atoms with Gasteiger partial charge in [0.15, 0.2) is 0 Å². The third kappa shape index (κ3) is 3.77. The maximum Gasteiger partial charge on any atom is 0.141 e. The van der Waals surface area contributed by atoms with Crippen LogP contribution in [0.5, 0.6) is 28.7 Å². The fourth-order valence-corrected chi connectivity index (χ4v) is 3.46. The van der Waals surface area contributed by atoms with E-state index >= 15 is 0 Å². The summed E-state index contributed by atoms with van der Waals surface area (Å²) >= 11 is 11.8. The van der Waals surface area contributed by atoms with Gasteiger partial charge in [-0.25, -0.2) is 0 Å². The van der Waals surface area contributed by atoms with E-state index in [0.29, 0.717) is 22.3 Å². The molecule has 0 bridgehead atoms. The van der Waals surface area contributed by atoms with E-state index in [2.05, 4.69) is 0 Å². The largest absolute Gasteiger partial charge is 0.507 e. The quantitative estimate of drug-likeness (QED) is 0.408. The van der Waals surface area contributed by atoms with Gasteiger partial charge in [0.05, 0.1) is 0 Å². The standard InChI is InChI=1S/C21H18Cl2O5/c1-10-6-13(8-11-2-4-15(24)17(22)20(11)27)19(26)14(7-10)9-12-3-5-16(25)18(23)21(12)28/h2-7,24-28H,8-9H2,1H3. The van der Waals surface area contributed by atoms with Gasteiger partial charge >= 0.3 is 0 Å². The summed E-state index contributed by atoms with van der Waals surface area (Å²) in [6, 6.07) is 9.38. The second-order valence-electron chi connectivity index (χ2n) is 6.60. The van der Waals surface area contributed by atoms with E-state index in [9.17, 15) is 25.5 Å². The SMILES string of the molecule is Cc1cc(Cc2ccc(O)c(Cl)c2O)c(O)c(Cc2ccc(O)c(Cl)c2O)c1. The third-order valence-electron chi connectivity index (χ3n) is 4.53. The van der Waals surface area contributed by atoms with Crippen molar-refractivity contribution < 1.29 is 25.5 Å². The van der Waals surface area contributed by atoms with Crippen LogP contribution >= 0.6 is 23.2 Å². The van der Waals surface area contributed by atoms with Crippen LogP contribution in [0.15, 0.2) is 36.4 Å². The molecular formula is C21H18Cl2O5. The molecule has 0 amide bonds. The van der Waals surface area contributed by atoms with Crippen LogP contribution in [-0.4, -0.2) is 25.5 Å². The number of phenols is 5. The van der Waals surface area contributed by atoms with Gasteiger partial charge in [0.1, 0.15) is 38.8 Å². The summed E-state index contributed by atoms with van der Waals surface area (Å²) in [5, 5.41) is 49.9. The first-order valence-electron chi connectivity index (χ1n) is 8.39. The minimum Gasteiger partial charge on any atom is -0.507 e. The molecule has 0 fully saturated rings. The van der Waals surface area contributed by atoms with Crippen molar-refractivity contribution in [2.75, 3.05) is 0 Å². The fraction of sp³-hybridized carbons (Fsp3) is 0.143. The van der Waals surface area contributed by atoms with Crippen LogP contribution in [0, 0.1) is 6.92 Å². The molecule has 0 aromatic heterocycles. The van der Waals surface area contributed by atoms with Crippen LogP contribution in [-0.2, 0) is 12.8 Å². The van der Waals surface area contributed by atoms with Gasteiger partial charge in [0.2, 0.25) is 0 Å². The smallest absolute Gasteiger partial charge is 0.141 e. The molecule has 0 aliphatic heterocycles. The van der Waals surface area contributed by atoms with Crippen molar-refractivity contribution in [2.45, 2.75) is 19.8 Å². The number of hydrogen-bond donors (Lipinski definition) is 5. The first-order valence-corrected chi connectivity index (χ1v) is 9.14. The van der Waals surface area contributed by atoms with Crippen LogP contribution in [0.2, 0.25) is 10.0 Å². The lowest BCUT2D eigenvalue weighted by Crippen LogP contribution is -1.97. The van der Waals surface area contributed by atoms with E-state index in [4.69, 9.17) is 23.2 Å². The molecule has 0 radical (unpaired) electrons. The second-order valence-corrected chi connectivity index (χ2v) is 7.35. The highest BCUT2D eigenvalue weighted by Gasteiger charge is 2.17. The summed E-state index contributed by atoms with van der Waals surface area (Å²) < 4.78 is 0. The van der Waals surface area contributed by atoms with E-state index in [1.54, 1.807) is 12.1 Å². The van der Waals surface area contributed by atoms with Gasteiger partial charge < -0.3 is 25.5 Å². The molecule has 0 saturated heterocycles. The number of benzene rings is 3. The predicted octanol–water partition coefficient (Wildman–Crippen LogP) is 5.01. The zero-order valence-electron chi connectivity index (χ0n) is 14.9. The van der Waals surface area contributed by atoms with Crippen LogP contribution in [0.1, 0.15) is 27.8 Å². The molecule has 0 saturated carbocycles. The van der Waals surface area contributed by atoms with Crippen molar-refractivity contribution in [3.63, 3.8) is 0 Å². The second kappa shape index (κ2) is 7.70. The molecule has 3 aromatic carbocycles. The Hall–Kier alpha value is -2.76. The molecule has 7 heteroatoms. The molecule has 5 nitrogen and oxygen atoms in total. The van der Waals surface area contributed by atoms with E-state index in [1.807, 2.05) is 6.92 Å². The molecule has 5 N–H and O–H groups in total. The maximum absolute atomic E-state index is 10.7. The Morgan fingerprint density at radius 2 is 1.00 bits per heavy atom. The Morgan fingerprint density at radius 3 is 1.39 bits per heavy atom. The molecular weight excluding hydrogens is 403 g/mol. The lowest BCUT2D eigenvalue weighted by molar-refractivity contribution is 0.445. The van der Waals surface area contributed by atoms with Gasteiger partial charge in [-0.3, -0.25) is 0 Å². The normalized spacial score (nSPS) is 11.0. The highest BCUT2D eigenvalue weighted by molar-refractivity contribution is 6.33. The topological polar surface area (TPSA) is 101 Å². The molecule has 3 aromatic rings. The average molecular weight is 421 g/mol. The molecule has 146 valence electrons. The first kappa shape index (κ1) is 20.0. The van der Waals surface area contributed by atoms with Crippen LogP contribution in [0.4, 0.5) is 0 Å². The van der Waals surface area contributed by atoms with Crippen LogP contribution in [0.25, 0.3) is 0 Å². The Labute approximate surface area is 171 Å². The lowest BCUT2D eigenvalue weighted by atomic mass is 9.94. The third-order valence-corrected chi connectivity index (χ3v) is 5.28. The van der Waals surface area contributed by atoms with E-state index < -0.39 is 0 Å². The summed E-state index contributed by atoms with van der Waals surface area (Å²) in [6.45, 7) is 1.86. The van der Waals surface area contributed by atoms with Crippen LogP contribution in [0.3, 0.4) is 0 Å². The zero-order chi connectivity index (χ0) is 20.6. The van der Waals surface area contributed by atoms with Gasteiger partial charge in [-0.1, -0.05) is 53.0 Å². The van der Waals surface area contributed by atoms with Crippen molar-refractivity contribution in [1.29, 1.82) is 0 Å². The molecule has 0 spiro atoms. The van der Waals surface area contributed by atoms with Crippen LogP contribution < -0.4 is 0 Å².